The van der Waals surface area contributed by atoms with Crippen molar-refractivity contribution < 1.29 is 4.79 Å². The molecule has 2 aliphatic rings. The zero-order chi connectivity index (χ0) is 14.8. The van der Waals surface area contributed by atoms with Gasteiger partial charge >= 0.3 is 0 Å². The van der Waals surface area contributed by atoms with Crippen molar-refractivity contribution in [3.8, 4) is 0 Å². The van der Waals surface area contributed by atoms with Gasteiger partial charge in [0.25, 0.3) is 5.91 Å². The van der Waals surface area contributed by atoms with E-state index in [0.29, 0.717) is 27.7 Å². The number of halogens is 2. The summed E-state index contributed by atoms with van der Waals surface area (Å²) in [6.07, 6.45) is 5.71. The van der Waals surface area contributed by atoms with E-state index >= 15 is 0 Å². The van der Waals surface area contributed by atoms with Gasteiger partial charge in [-0.2, -0.15) is 0 Å². The minimum absolute atomic E-state index is 0.0535. The number of hydrogen-bond acceptors (Lipinski definition) is 2. The molecule has 0 spiro atoms. The second-order valence-electron chi connectivity index (χ2n) is 5.92. The largest absolute Gasteiger partial charge is 0.334 e. The second-order valence-corrected chi connectivity index (χ2v) is 6.80. The quantitative estimate of drug-likeness (QED) is 0.897. The van der Waals surface area contributed by atoms with Gasteiger partial charge in [-0.25, -0.2) is 0 Å². The molecular weight excluding hydrogens is 307 g/mol. The van der Waals surface area contributed by atoms with E-state index in [9.17, 15) is 4.79 Å². The third kappa shape index (κ3) is 3.36. The van der Waals surface area contributed by atoms with Crippen LogP contribution in [-0.2, 0) is 0 Å². The average molecular weight is 327 g/mol. The molecule has 2 fully saturated rings. The van der Waals surface area contributed by atoms with E-state index in [0.717, 1.165) is 32.4 Å². The number of nitrogens with zero attached hydrogens (tertiary/aromatic N) is 1. The Labute approximate surface area is 135 Å². The van der Waals surface area contributed by atoms with Crippen LogP contribution >= 0.6 is 23.2 Å². The molecule has 3 rings (SSSR count). The van der Waals surface area contributed by atoms with Crippen molar-refractivity contribution >= 4 is 29.1 Å². The first kappa shape index (κ1) is 15.1. The summed E-state index contributed by atoms with van der Waals surface area (Å²) in [5.74, 6) is 0.0535. The lowest BCUT2D eigenvalue weighted by Crippen LogP contribution is -2.52. The summed E-state index contributed by atoms with van der Waals surface area (Å²) in [6, 6.07) is 5.81. The summed E-state index contributed by atoms with van der Waals surface area (Å²) in [5, 5.41) is 4.56. The van der Waals surface area contributed by atoms with E-state index in [4.69, 9.17) is 23.2 Å². The summed E-state index contributed by atoms with van der Waals surface area (Å²) in [7, 11) is 0. The van der Waals surface area contributed by atoms with Crippen molar-refractivity contribution in [2.75, 3.05) is 13.1 Å². The fraction of sp³-hybridized carbons (Fsp3) is 0.562. The first-order valence-corrected chi connectivity index (χ1v) is 8.41. The standard InChI is InChI=1S/C16H20Cl2N2O/c17-12-8-11(9-13(18)10-12)16(21)20-7-2-1-5-15(20)14-4-3-6-19-14/h8-10,14-15,19H,1-7H2. The predicted molar refractivity (Wildman–Crippen MR) is 86.2 cm³/mol. The van der Waals surface area contributed by atoms with Gasteiger partial charge < -0.3 is 10.2 Å². The molecule has 1 amide bonds. The van der Waals surface area contributed by atoms with Gasteiger partial charge in [0, 0.05) is 34.2 Å². The van der Waals surface area contributed by atoms with Crippen LogP contribution in [0.4, 0.5) is 0 Å². The Bertz CT molecular complexity index is 509. The van der Waals surface area contributed by atoms with Gasteiger partial charge in [-0.15, -0.1) is 0 Å². The highest BCUT2D eigenvalue weighted by atomic mass is 35.5. The molecule has 0 aromatic heterocycles. The molecule has 5 heteroatoms. The van der Waals surface area contributed by atoms with Crippen LogP contribution in [0.15, 0.2) is 18.2 Å². The van der Waals surface area contributed by atoms with Gasteiger partial charge in [0.2, 0.25) is 0 Å². The maximum Gasteiger partial charge on any atom is 0.254 e. The maximum absolute atomic E-state index is 12.9. The van der Waals surface area contributed by atoms with Gasteiger partial charge in [0.1, 0.15) is 0 Å². The number of rotatable bonds is 2. The number of benzene rings is 1. The molecule has 0 aliphatic carbocycles. The number of amides is 1. The van der Waals surface area contributed by atoms with E-state index in [1.807, 2.05) is 4.90 Å². The fourth-order valence-electron chi connectivity index (χ4n) is 3.51. The van der Waals surface area contributed by atoms with Crippen molar-refractivity contribution in [2.45, 2.75) is 44.2 Å². The molecule has 1 N–H and O–H groups in total. The monoisotopic (exact) mass is 326 g/mol. The minimum Gasteiger partial charge on any atom is -0.334 e. The van der Waals surface area contributed by atoms with E-state index in [2.05, 4.69) is 5.32 Å². The summed E-state index contributed by atoms with van der Waals surface area (Å²) >= 11 is 12.1. The lowest BCUT2D eigenvalue weighted by molar-refractivity contribution is 0.0563. The average Bonchev–Trinajstić information content (AvgIpc) is 2.99. The summed E-state index contributed by atoms with van der Waals surface area (Å²) in [4.78, 5) is 14.9. The molecule has 3 nitrogen and oxygen atoms in total. The van der Waals surface area contributed by atoms with E-state index in [-0.39, 0.29) is 5.91 Å². The molecule has 2 unspecified atom stereocenters. The molecule has 0 saturated carbocycles. The van der Waals surface area contributed by atoms with E-state index in [1.54, 1.807) is 18.2 Å². The number of carbonyl (C=O) groups is 1. The van der Waals surface area contributed by atoms with Crippen LogP contribution in [0.3, 0.4) is 0 Å². The highest BCUT2D eigenvalue weighted by Crippen LogP contribution is 2.27. The Balaban J connectivity index is 1.83. The molecule has 2 aliphatic heterocycles. The molecule has 0 bridgehead atoms. The smallest absolute Gasteiger partial charge is 0.254 e. The van der Waals surface area contributed by atoms with Crippen LogP contribution in [0.25, 0.3) is 0 Å². The van der Waals surface area contributed by atoms with Crippen LogP contribution in [0.5, 0.6) is 0 Å². The van der Waals surface area contributed by atoms with Crippen LogP contribution in [0.1, 0.15) is 42.5 Å². The van der Waals surface area contributed by atoms with E-state index in [1.165, 1.54) is 12.8 Å². The summed E-state index contributed by atoms with van der Waals surface area (Å²) in [6.45, 7) is 1.89. The molecular formula is C16H20Cl2N2O. The highest BCUT2D eigenvalue weighted by molar-refractivity contribution is 6.35. The Kier molecular flexibility index (Phi) is 4.72. The maximum atomic E-state index is 12.9. The topological polar surface area (TPSA) is 32.3 Å². The molecule has 2 atom stereocenters. The van der Waals surface area contributed by atoms with Crippen LogP contribution in [-0.4, -0.2) is 36.0 Å². The minimum atomic E-state index is 0.0535. The first-order chi connectivity index (χ1) is 10.1. The summed E-state index contributed by atoms with van der Waals surface area (Å²) < 4.78 is 0. The van der Waals surface area contributed by atoms with Crippen molar-refractivity contribution in [2.24, 2.45) is 0 Å². The molecule has 114 valence electrons. The van der Waals surface area contributed by atoms with Crippen LogP contribution < -0.4 is 5.32 Å². The predicted octanol–water partition coefficient (Wildman–Crippen LogP) is 3.74. The Morgan fingerprint density at radius 2 is 1.86 bits per heavy atom. The van der Waals surface area contributed by atoms with Crippen LogP contribution in [0, 0.1) is 0 Å². The van der Waals surface area contributed by atoms with Gasteiger partial charge in [-0.3, -0.25) is 4.79 Å². The van der Waals surface area contributed by atoms with Gasteiger partial charge in [-0.05, 0) is 56.8 Å². The van der Waals surface area contributed by atoms with Crippen molar-refractivity contribution in [1.82, 2.24) is 10.2 Å². The lowest BCUT2D eigenvalue weighted by atomic mass is 9.93. The van der Waals surface area contributed by atoms with Crippen molar-refractivity contribution in [1.29, 1.82) is 0 Å². The van der Waals surface area contributed by atoms with E-state index < -0.39 is 0 Å². The second kappa shape index (κ2) is 6.55. The third-order valence-electron chi connectivity index (χ3n) is 4.48. The van der Waals surface area contributed by atoms with Crippen molar-refractivity contribution in [3.05, 3.63) is 33.8 Å². The van der Waals surface area contributed by atoms with Crippen molar-refractivity contribution in [3.63, 3.8) is 0 Å². The molecule has 2 heterocycles. The number of likely N-dealkylation sites (tertiary alicyclic amines) is 1. The number of nitrogens with one attached hydrogen (secondary N) is 1. The zero-order valence-corrected chi connectivity index (χ0v) is 13.5. The molecule has 21 heavy (non-hydrogen) atoms. The lowest BCUT2D eigenvalue weighted by Gasteiger charge is -2.39. The Morgan fingerprint density at radius 1 is 1.10 bits per heavy atom. The Morgan fingerprint density at radius 3 is 2.52 bits per heavy atom. The zero-order valence-electron chi connectivity index (χ0n) is 11.9. The SMILES string of the molecule is O=C(c1cc(Cl)cc(Cl)c1)N1CCCCC1C1CCCN1. The van der Waals surface area contributed by atoms with Crippen LogP contribution in [0.2, 0.25) is 10.0 Å². The number of hydrogen-bond donors (Lipinski definition) is 1. The summed E-state index contributed by atoms with van der Waals surface area (Å²) in [5.41, 5.74) is 0.595. The normalized spacial score (nSPS) is 26.1. The molecule has 0 radical (unpaired) electrons. The third-order valence-corrected chi connectivity index (χ3v) is 4.92. The van der Waals surface area contributed by atoms with Gasteiger partial charge in [-0.1, -0.05) is 23.2 Å². The highest BCUT2D eigenvalue weighted by Gasteiger charge is 2.34. The fourth-order valence-corrected chi connectivity index (χ4v) is 4.04. The molecule has 1 aromatic carbocycles. The number of carbonyl (C=O) groups excluding carboxylic acids is 1. The van der Waals surface area contributed by atoms with Gasteiger partial charge in [0.05, 0.1) is 0 Å². The number of piperidine rings is 1. The van der Waals surface area contributed by atoms with Gasteiger partial charge in [0.15, 0.2) is 0 Å². The Hall–Kier alpha value is -0.770. The molecule has 1 aromatic rings. The molecule has 2 saturated heterocycles. The first-order valence-electron chi connectivity index (χ1n) is 7.65.